The van der Waals surface area contributed by atoms with E-state index in [4.69, 9.17) is 5.11 Å². The van der Waals surface area contributed by atoms with Gasteiger partial charge in [-0.1, -0.05) is 36.4 Å². The molecule has 112 valence electrons. The summed E-state index contributed by atoms with van der Waals surface area (Å²) in [5.41, 5.74) is 1.92. The number of aromatic nitrogens is 1. The fraction of sp³-hybridized carbons (Fsp3) is 0.176. The van der Waals surface area contributed by atoms with Crippen molar-refractivity contribution in [1.82, 2.24) is 9.88 Å². The Kier molecular flexibility index (Phi) is 3.55. The first-order valence-corrected chi connectivity index (χ1v) is 7.06. The maximum atomic E-state index is 12.1. The van der Waals surface area contributed by atoms with Crippen molar-refractivity contribution in [3.05, 3.63) is 48.5 Å². The number of rotatable bonds is 4. The molecule has 1 aromatic heterocycles. The number of hydrogen-bond donors (Lipinski definition) is 2. The van der Waals surface area contributed by atoms with Crippen LogP contribution < -0.4 is 5.32 Å². The van der Waals surface area contributed by atoms with Gasteiger partial charge in [0.2, 0.25) is 5.91 Å². The van der Waals surface area contributed by atoms with Crippen LogP contribution in [0, 0.1) is 0 Å². The molecule has 0 spiro atoms. The molecule has 0 saturated carbocycles. The molecule has 0 unspecified atom stereocenters. The second-order valence-corrected chi connectivity index (χ2v) is 5.25. The Hall–Kier alpha value is -2.82. The second-order valence-electron chi connectivity index (χ2n) is 5.25. The van der Waals surface area contributed by atoms with E-state index in [0.29, 0.717) is 0 Å². The third-order valence-corrected chi connectivity index (χ3v) is 3.73. The van der Waals surface area contributed by atoms with E-state index in [2.05, 4.69) is 5.32 Å². The molecule has 0 fully saturated rings. The molecule has 0 aliphatic carbocycles. The third-order valence-electron chi connectivity index (χ3n) is 3.73. The number of benzene rings is 2. The lowest BCUT2D eigenvalue weighted by atomic mass is 10.2. The zero-order chi connectivity index (χ0) is 15.7. The molecule has 0 saturated heterocycles. The summed E-state index contributed by atoms with van der Waals surface area (Å²) in [7, 11) is 0. The van der Waals surface area contributed by atoms with Crippen molar-refractivity contribution < 1.29 is 14.7 Å². The van der Waals surface area contributed by atoms with E-state index in [1.54, 1.807) is 0 Å². The van der Waals surface area contributed by atoms with E-state index in [1.807, 2.05) is 53.1 Å². The third kappa shape index (κ3) is 2.41. The lowest BCUT2D eigenvalue weighted by Crippen LogP contribution is -2.40. The van der Waals surface area contributed by atoms with Gasteiger partial charge in [-0.2, -0.15) is 0 Å². The Morgan fingerprint density at radius 3 is 2.05 bits per heavy atom. The molecule has 0 radical (unpaired) electrons. The predicted octanol–water partition coefficient (Wildman–Crippen LogP) is 2.38. The number of hydrogen-bond acceptors (Lipinski definition) is 2. The molecule has 0 aliphatic heterocycles. The van der Waals surface area contributed by atoms with Crippen molar-refractivity contribution in [3.8, 4) is 0 Å². The van der Waals surface area contributed by atoms with Crippen LogP contribution in [0.15, 0.2) is 48.5 Å². The van der Waals surface area contributed by atoms with Crippen molar-refractivity contribution >= 4 is 33.7 Å². The van der Waals surface area contributed by atoms with Crippen molar-refractivity contribution in [2.45, 2.75) is 19.5 Å². The number of nitrogens with one attached hydrogen (secondary N) is 1. The minimum absolute atomic E-state index is 0.0889. The average Bonchev–Trinajstić information content (AvgIpc) is 2.82. The molecule has 3 rings (SSSR count). The number of nitrogens with zero attached hydrogens (tertiary/aromatic N) is 1. The minimum atomic E-state index is -1.05. The van der Waals surface area contributed by atoms with E-state index in [1.165, 1.54) is 6.92 Å². The van der Waals surface area contributed by atoms with E-state index < -0.39 is 12.0 Å². The summed E-state index contributed by atoms with van der Waals surface area (Å²) in [4.78, 5) is 23.0. The number of carboxylic acids is 1. The molecule has 2 N–H and O–H groups in total. The van der Waals surface area contributed by atoms with E-state index in [0.717, 1.165) is 21.8 Å². The number of carboxylic acid groups (broad SMARTS) is 1. The van der Waals surface area contributed by atoms with Crippen LogP contribution in [0.2, 0.25) is 0 Å². The first-order chi connectivity index (χ1) is 10.6. The summed E-state index contributed by atoms with van der Waals surface area (Å²) in [6, 6.07) is 14.8. The van der Waals surface area contributed by atoms with Gasteiger partial charge in [-0.05, 0) is 19.1 Å². The first kappa shape index (κ1) is 14.1. The Balaban J connectivity index is 2.02. The molecular formula is C17H16N2O3. The highest BCUT2D eigenvalue weighted by Crippen LogP contribution is 2.28. The summed E-state index contributed by atoms with van der Waals surface area (Å²) in [6.07, 6.45) is 0. The number of fused-ring (bicyclic) bond motifs is 3. The van der Waals surface area contributed by atoms with Crippen molar-refractivity contribution in [3.63, 3.8) is 0 Å². The van der Waals surface area contributed by atoms with Gasteiger partial charge in [-0.3, -0.25) is 9.59 Å². The zero-order valence-corrected chi connectivity index (χ0v) is 12.1. The van der Waals surface area contributed by atoms with Crippen LogP contribution in [0.25, 0.3) is 21.8 Å². The van der Waals surface area contributed by atoms with Gasteiger partial charge in [-0.15, -0.1) is 0 Å². The van der Waals surface area contributed by atoms with Gasteiger partial charge >= 0.3 is 5.97 Å². The largest absolute Gasteiger partial charge is 0.480 e. The SMILES string of the molecule is C[C@H](NC(=O)Cn1c2ccccc2c2ccccc21)C(=O)O. The normalized spacial score (nSPS) is 12.4. The van der Waals surface area contributed by atoms with Crippen LogP contribution in [0.3, 0.4) is 0 Å². The Morgan fingerprint density at radius 1 is 1.05 bits per heavy atom. The topological polar surface area (TPSA) is 71.3 Å². The molecule has 1 heterocycles. The fourth-order valence-corrected chi connectivity index (χ4v) is 2.67. The summed E-state index contributed by atoms with van der Waals surface area (Å²) in [5, 5.41) is 13.5. The van der Waals surface area contributed by atoms with Crippen molar-refractivity contribution in [2.75, 3.05) is 0 Å². The minimum Gasteiger partial charge on any atom is -0.480 e. The van der Waals surface area contributed by atoms with Gasteiger partial charge in [0.25, 0.3) is 0 Å². The maximum Gasteiger partial charge on any atom is 0.325 e. The smallest absolute Gasteiger partial charge is 0.325 e. The van der Waals surface area contributed by atoms with Gasteiger partial charge < -0.3 is 15.0 Å². The number of carbonyl (C=O) groups excluding carboxylic acids is 1. The number of amides is 1. The van der Waals surface area contributed by atoms with Crippen LogP contribution in [-0.4, -0.2) is 27.6 Å². The van der Waals surface area contributed by atoms with E-state index in [-0.39, 0.29) is 12.5 Å². The fourth-order valence-electron chi connectivity index (χ4n) is 2.67. The van der Waals surface area contributed by atoms with Crippen LogP contribution in [-0.2, 0) is 16.1 Å². The Bertz CT molecular complexity index is 813. The summed E-state index contributed by atoms with van der Waals surface area (Å²) in [6.45, 7) is 1.54. The highest BCUT2D eigenvalue weighted by molar-refractivity contribution is 6.08. The molecule has 0 aliphatic rings. The molecule has 1 amide bonds. The lowest BCUT2D eigenvalue weighted by molar-refractivity contribution is -0.141. The zero-order valence-electron chi connectivity index (χ0n) is 12.1. The molecule has 5 heteroatoms. The van der Waals surface area contributed by atoms with Crippen molar-refractivity contribution in [2.24, 2.45) is 0 Å². The molecule has 5 nitrogen and oxygen atoms in total. The monoisotopic (exact) mass is 296 g/mol. The van der Waals surface area contributed by atoms with Crippen molar-refractivity contribution in [1.29, 1.82) is 0 Å². The van der Waals surface area contributed by atoms with Gasteiger partial charge in [0.05, 0.1) is 0 Å². The quantitative estimate of drug-likeness (QED) is 0.776. The molecular weight excluding hydrogens is 280 g/mol. The molecule has 0 bridgehead atoms. The summed E-state index contributed by atoms with van der Waals surface area (Å²) >= 11 is 0. The highest BCUT2D eigenvalue weighted by atomic mass is 16.4. The number of para-hydroxylation sites is 2. The standard InChI is InChI=1S/C17H16N2O3/c1-11(17(21)22)18-16(20)10-19-14-8-4-2-6-12(14)13-7-3-5-9-15(13)19/h2-9,11H,10H2,1H3,(H,18,20)(H,21,22)/t11-/m0/s1. The molecule has 3 aromatic rings. The van der Waals surface area contributed by atoms with Gasteiger partial charge in [0.1, 0.15) is 12.6 Å². The van der Waals surface area contributed by atoms with Gasteiger partial charge in [-0.25, -0.2) is 0 Å². The van der Waals surface area contributed by atoms with Gasteiger partial charge in [0, 0.05) is 21.8 Å². The van der Waals surface area contributed by atoms with Crippen LogP contribution in [0.5, 0.6) is 0 Å². The Labute approximate surface area is 127 Å². The number of aliphatic carboxylic acids is 1. The summed E-state index contributed by atoms with van der Waals surface area (Å²) < 4.78 is 1.91. The lowest BCUT2D eigenvalue weighted by Gasteiger charge is -2.11. The van der Waals surface area contributed by atoms with E-state index >= 15 is 0 Å². The van der Waals surface area contributed by atoms with Crippen LogP contribution >= 0.6 is 0 Å². The second kappa shape index (κ2) is 5.52. The maximum absolute atomic E-state index is 12.1. The van der Waals surface area contributed by atoms with Gasteiger partial charge in [0.15, 0.2) is 0 Å². The Morgan fingerprint density at radius 2 is 1.55 bits per heavy atom. The summed E-state index contributed by atoms with van der Waals surface area (Å²) in [5.74, 6) is -1.36. The highest BCUT2D eigenvalue weighted by Gasteiger charge is 2.16. The number of carbonyl (C=O) groups is 2. The van der Waals surface area contributed by atoms with E-state index in [9.17, 15) is 9.59 Å². The van der Waals surface area contributed by atoms with Crippen LogP contribution in [0.1, 0.15) is 6.92 Å². The molecule has 1 atom stereocenters. The van der Waals surface area contributed by atoms with Crippen LogP contribution in [0.4, 0.5) is 0 Å². The molecule has 22 heavy (non-hydrogen) atoms. The average molecular weight is 296 g/mol. The molecule has 2 aromatic carbocycles. The first-order valence-electron chi connectivity index (χ1n) is 7.06. The predicted molar refractivity (Wildman–Crippen MR) is 84.7 cm³/mol.